The zero-order valence-electron chi connectivity index (χ0n) is 9.08. The van der Waals surface area contributed by atoms with Gasteiger partial charge in [-0.25, -0.2) is 8.42 Å². The minimum atomic E-state index is -4.68. The molecular formula is C9H9BrF3NO3S. The first-order chi connectivity index (χ1) is 8.13. The first-order valence-corrected chi connectivity index (χ1v) is 7.52. The van der Waals surface area contributed by atoms with E-state index in [-0.39, 0.29) is 11.3 Å². The van der Waals surface area contributed by atoms with Gasteiger partial charge in [-0.1, -0.05) is 0 Å². The molecule has 1 N–H and O–H groups in total. The van der Waals surface area contributed by atoms with Crippen LogP contribution in [0.5, 0.6) is 5.75 Å². The van der Waals surface area contributed by atoms with Gasteiger partial charge in [0, 0.05) is 0 Å². The van der Waals surface area contributed by atoms with E-state index in [2.05, 4.69) is 15.9 Å². The highest BCUT2D eigenvalue weighted by Crippen LogP contribution is 2.37. The number of hydrogen-bond donors (Lipinski definition) is 1. The summed E-state index contributed by atoms with van der Waals surface area (Å²) in [6.07, 6.45) is -3.91. The summed E-state index contributed by atoms with van der Waals surface area (Å²) < 4.78 is 66.8. The molecule has 1 aromatic carbocycles. The molecule has 0 aliphatic rings. The largest absolute Gasteiger partial charge is 0.482 e. The van der Waals surface area contributed by atoms with Gasteiger partial charge in [-0.15, -0.1) is 0 Å². The predicted molar refractivity (Wildman–Crippen MR) is 64.3 cm³/mol. The summed E-state index contributed by atoms with van der Waals surface area (Å²) in [6.45, 7) is 0. The summed E-state index contributed by atoms with van der Waals surface area (Å²) in [5.74, 6) is -0.0155. The SMILES string of the molecule is CS(=O)(=O)Nc1ccc(OCBr)cc1C(F)(F)F. The molecule has 0 spiro atoms. The summed E-state index contributed by atoms with van der Waals surface area (Å²) >= 11 is 2.91. The molecule has 0 aliphatic carbocycles. The Bertz CT molecular complexity index is 530. The van der Waals surface area contributed by atoms with Crippen LogP contribution in [-0.2, 0) is 16.2 Å². The molecule has 9 heteroatoms. The molecular weight excluding hydrogens is 339 g/mol. The number of ether oxygens (including phenoxy) is 1. The molecule has 0 bridgehead atoms. The van der Waals surface area contributed by atoms with E-state index in [1.165, 1.54) is 6.07 Å². The summed E-state index contributed by atoms with van der Waals surface area (Å²) in [6, 6.07) is 2.97. The van der Waals surface area contributed by atoms with E-state index < -0.39 is 27.5 Å². The molecule has 0 atom stereocenters. The first-order valence-electron chi connectivity index (χ1n) is 4.51. The van der Waals surface area contributed by atoms with E-state index in [9.17, 15) is 21.6 Å². The third kappa shape index (κ3) is 4.37. The minimum absolute atomic E-state index is 0.0155. The van der Waals surface area contributed by atoms with Crippen LogP contribution in [-0.4, -0.2) is 20.2 Å². The molecule has 0 aliphatic heterocycles. The van der Waals surface area contributed by atoms with Gasteiger partial charge in [0.1, 0.15) is 11.3 Å². The third-order valence-electron chi connectivity index (χ3n) is 1.81. The van der Waals surface area contributed by atoms with E-state index in [0.29, 0.717) is 0 Å². The van der Waals surface area contributed by atoms with Crippen molar-refractivity contribution in [3.05, 3.63) is 23.8 Å². The fourth-order valence-corrected chi connectivity index (χ4v) is 2.04. The normalized spacial score (nSPS) is 12.3. The van der Waals surface area contributed by atoms with Gasteiger partial charge in [0.2, 0.25) is 10.0 Å². The molecule has 18 heavy (non-hydrogen) atoms. The number of halogens is 4. The molecule has 0 amide bonds. The van der Waals surface area contributed by atoms with Gasteiger partial charge in [-0.3, -0.25) is 4.72 Å². The first kappa shape index (κ1) is 15.1. The second-order valence-corrected chi connectivity index (χ2v) is 5.54. The monoisotopic (exact) mass is 347 g/mol. The maximum atomic E-state index is 12.7. The fourth-order valence-electron chi connectivity index (χ4n) is 1.20. The van der Waals surface area contributed by atoms with Crippen molar-refractivity contribution < 1.29 is 26.3 Å². The summed E-state index contributed by atoms with van der Waals surface area (Å²) in [4.78, 5) is 0. The van der Waals surface area contributed by atoms with Crippen molar-refractivity contribution >= 4 is 31.6 Å². The topological polar surface area (TPSA) is 55.4 Å². The van der Waals surface area contributed by atoms with Gasteiger partial charge < -0.3 is 4.74 Å². The Morgan fingerprint density at radius 2 is 2.00 bits per heavy atom. The van der Waals surface area contributed by atoms with Crippen molar-refractivity contribution in [1.82, 2.24) is 0 Å². The van der Waals surface area contributed by atoms with E-state index in [1.807, 2.05) is 4.72 Å². The van der Waals surface area contributed by atoms with Gasteiger partial charge >= 0.3 is 6.18 Å². The molecule has 0 radical (unpaired) electrons. The zero-order chi connectivity index (χ0) is 14.0. The van der Waals surface area contributed by atoms with E-state index >= 15 is 0 Å². The van der Waals surface area contributed by atoms with Crippen LogP contribution in [0.4, 0.5) is 18.9 Å². The molecule has 0 aromatic heterocycles. The van der Waals surface area contributed by atoms with E-state index in [4.69, 9.17) is 4.74 Å². The van der Waals surface area contributed by atoms with Crippen LogP contribution in [0.1, 0.15) is 5.56 Å². The van der Waals surface area contributed by atoms with Crippen LogP contribution >= 0.6 is 15.9 Å². The van der Waals surface area contributed by atoms with Crippen molar-refractivity contribution in [2.75, 3.05) is 16.5 Å². The quantitative estimate of drug-likeness (QED) is 0.852. The highest BCUT2D eigenvalue weighted by molar-refractivity contribution is 9.09. The highest BCUT2D eigenvalue weighted by atomic mass is 79.9. The van der Waals surface area contributed by atoms with Crippen molar-refractivity contribution in [3.8, 4) is 5.75 Å². The smallest absolute Gasteiger partial charge is 0.418 e. The lowest BCUT2D eigenvalue weighted by Crippen LogP contribution is -2.15. The maximum Gasteiger partial charge on any atom is 0.418 e. The van der Waals surface area contributed by atoms with Gasteiger partial charge in [0.05, 0.1) is 17.5 Å². The average Bonchev–Trinajstić information content (AvgIpc) is 2.17. The van der Waals surface area contributed by atoms with Crippen LogP contribution in [0.3, 0.4) is 0 Å². The van der Waals surface area contributed by atoms with Crippen LogP contribution in [0.15, 0.2) is 18.2 Å². The number of anilines is 1. The standard InChI is InChI=1S/C9H9BrF3NO3S/c1-18(15,16)14-8-3-2-6(17-5-10)4-7(8)9(11,12)13/h2-4,14H,5H2,1H3. The highest BCUT2D eigenvalue weighted by Gasteiger charge is 2.34. The second kappa shape index (κ2) is 5.35. The lowest BCUT2D eigenvalue weighted by molar-refractivity contribution is -0.137. The maximum absolute atomic E-state index is 12.7. The second-order valence-electron chi connectivity index (χ2n) is 3.33. The van der Waals surface area contributed by atoms with Crippen LogP contribution in [0.2, 0.25) is 0 Å². The Kier molecular flexibility index (Phi) is 4.49. The zero-order valence-corrected chi connectivity index (χ0v) is 11.5. The number of hydrogen-bond acceptors (Lipinski definition) is 3. The summed E-state index contributed by atoms with van der Waals surface area (Å²) in [5.41, 5.74) is -1.61. The van der Waals surface area contributed by atoms with Gasteiger partial charge in [0.15, 0.2) is 0 Å². The third-order valence-corrected chi connectivity index (χ3v) is 2.63. The van der Waals surface area contributed by atoms with E-state index in [0.717, 1.165) is 18.4 Å². The summed E-state index contributed by atoms with van der Waals surface area (Å²) in [7, 11) is -3.79. The van der Waals surface area contributed by atoms with E-state index in [1.54, 1.807) is 0 Å². The van der Waals surface area contributed by atoms with Crippen molar-refractivity contribution in [3.63, 3.8) is 0 Å². The van der Waals surface area contributed by atoms with Crippen LogP contribution in [0, 0.1) is 0 Å². The molecule has 1 aromatic rings. The van der Waals surface area contributed by atoms with Crippen molar-refractivity contribution in [1.29, 1.82) is 0 Å². The molecule has 0 heterocycles. The van der Waals surface area contributed by atoms with Gasteiger partial charge in [-0.05, 0) is 34.1 Å². The summed E-state index contributed by atoms with van der Waals surface area (Å²) in [5, 5.41) is 0. The van der Waals surface area contributed by atoms with Crippen molar-refractivity contribution in [2.45, 2.75) is 6.18 Å². The minimum Gasteiger partial charge on any atom is -0.482 e. The van der Waals surface area contributed by atoms with Crippen molar-refractivity contribution in [2.24, 2.45) is 0 Å². The van der Waals surface area contributed by atoms with Gasteiger partial charge in [-0.2, -0.15) is 13.2 Å². The van der Waals surface area contributed by atoms with Gasteiger partial charge in [0.25, 0.3) is 0 Å². The Morgan fingerprint density at radius 1 is 1.39 bits per heavy atom. The Morgan fingerprint density at radius 3 is 2.44 bits per heavy atom. The molecule has 4 nitrogen and oxygen atoms in total. The number of sulfonamides is 1. The molecule has 0 saturated heterocycles. The lowest BCUT2D eigenvalue weighted by atomic mass is 10.1. The van der Waals surface area contributed by atoms with Crippen LogP contribution < -0.4 is 9.46 Å². The Balaban J connectivity index is 3.26. The molecule has 0 unspecified atom stereocenters. The number of rotatable bonds is 4. The number of nitrogens with one attached hydrogen (secondary N) is 1. The molecule has 0 saturated carbocycles. The number of alkyl halides is 4. The molecule has 0 fully saturated rings. The van der Waals surface area contributed by atoms with Crippen LogP contribution in [0.25, 0.3) is 0 Å². The Labute approximate surface area is 110 Å². The molecule has 102 valence electrons. The number of benzene rings is 1. The lowest BCUT2D eigenvalue weighted by Gasteiger charge is -2.14. The predicted octanol–water partition coefficient (Wildman–Crippen LogP) is 2.81. The fraction of sp³-hybridized carbons (Fsp3) is 0.333. The average molecular weight is 348 g/mol. The Hall–Kier alpha value is -0.960. The molecule has 1 rings (SSSR count).